The molecule has 10 nitrogen and oxygen atoms in total. The number of benzene rings is 2. The van der Waals surface area contributed by atoms with Gasteiger partial charge in [0.15, 0.2) is 0 Å². The topological polar surface area (TPSA) is 125 Å². The van der Waals surface area contributed by atoms with Crippen LogP contribution in [0.5, 0.6) is 0 Å². The van der Waals surface area contributed by atoms with Crippen LogP contribution in [0.1, 0.15) is 24.2 Å². The number of anilines is 1. The summed E-state index contributed by atoms with van der Waals surface area (Å²) < 4.78 is 28.4. The van der Waals surface area contributed by atoms with Gasteiger partial charge in [-0.3, -0.25) is 14.2 Å². The summed E-state index contributed by atoms with van der Waals surface area (Å²) in [6.45, 7) is 7.19. The number of hydrogen-bond donors (Lipinski definition) is 2. The van der Waals surface area contributed by atoms with E-state index in [4.69, 9.17) is 0 Å². The van der Waals surface area contributed by atoms with Crippen molar-refractivity contribution in [3.05, 3.63) is 68.9 Å². The minimum Gasteiger partial charge on any atom is -0.322 e. The van der Waals surface area contributed by atoms with Crippen LogP contribution in [0.2, 0.25) is 0 Å². The summed E-state index contributed by atoms with van der Waals surface area (Å²) in [6.07, 6.45) is 0. The molecule has 1 amide bonds. The van der Waals surface area contributed by atoms with Gasteiger partial charge in [-0.2, -0.15) is 4.31 Å². The number of likely N-dealkylation sites (N-methyl/N-ethyl adjacent to an activating group) is 1. The van der Waals surface area contributed by atoms with Crippen LogP contribution < -0.4 is 16.6 Å². The van der Waals surface area contributed by atoms with Gasteiger partial charge in [-0.05, 0) is 55.9 Å². The van der Waals surface area contributed by atoms with Crippen LogP contribution in [0.3, 0.4) is 0 Å². The first-order valence-electron chi connectivity index (χ1n) is 11.2. The summed E-state index contributed by atoms with van der Waals surface area (Å²) in [6, 6.07) is 10.5. The van der Waals surface area contributed by atoms with E-state index in [1.807, 2.05) is 0 Å². The average molecular weight is 486 g/mol. The van der Waals surface area contributed by atoms with Gasteiger partial charge in [-0.25, -0.2) is 13.2 Å². The molecule has 0 radical (unpaired) electrons. The summed E-state index contributed by atoms with van der Waals surface area (Å²) in [5.41, 5.74) is 0.000532. The molecule has 1 saturated heterocycles. The van der Waals surface area contributed by atoms with Gasteiger partial charge in [0, 0.05) is 44.0 Å². The highest BCUT2D eigenvalue weighted by Gasteiger charge is 2.28. The third-order valence-electron chi connectivity index (χ3n) is 6.09. The Morgan fingerprint density at radius 1 is 0.971 bits per heavy atom. The smallest absolute Gasteiger partial charge is 0.322 e. The van der Waals surface area contributed by atoms with E-state index in [0.717, 1.165) is 11.1 Å². The zero-order chi connectivity index (χ0) is 24.5. The zero-order valence-electron chi connectivity index (χ0n) is 19.1. The molecule has 2 aromatic carbocycles. The van der Waals surface area contributed by atoms with Gasteiger partial charge in [0.25, 0.3) is 11.5 Å². The molecule has 4 rings (SSSR count). The van der Waals surface area contributed by atoms with Crippen molar-refractivity contribution in [2.24, 2.45) is 0 Å². The molecule has 1 fully saturated rings. The Hall–Kier alpha value is -3.28. The monoisotopic (exact) mass is 485 g/mol. The summed E-state index contributed by atoms with van der Waals surface area (Å²) in [7, 11) is -3.60. The Morgan fingerprint density at radius 2 is 1.65 bits per heavy atom. The Morgan fingerprint density at radius 3 is 2.26 bits per heavy atom. The lowest BCUT2D eigenvalue weighted by Crippen LogP contribution is -2.48. The zero-order valence-corrected chi connectivity index (χ0v) is 19.9. The number of nitrogens with zero attached hydrogens (tertiary/aromatic N) is 3. The second-order valence-corrected chi connectivity index (χ2v) is 9.99. The third-order valence-corrected chi connectivity index (χ3v) is 8.00. The van der Waals surface area contributed by atoms with E-state index in [0.29, 0.717) is 37.3 Å². The number of fused-ring (bicyclic) bond motifs is 1. The minimum atomic E-state index is -3.60. The van der Waals surface area contributed by atoms with Crippen LogP contribution in [0.25, 0.3) is 10.9 Å². The number of carbonyl (C=O) groups excluding carboxylic acids is 1. The molecule has 0 spiro atoms. The fraction of sp³-hybridized carbons (Fsp3) is 0.348. The molecule has 2 N–H and O–H groups in total. The Kier molecular flexibility index (Phi) is 6.69. The van der Waals surface area contributed by atoms with Gasteiger partial charge >= 0.3 is 5.69 Å². The predicted molar refractivity (Wildman–Crippen MR) is 130 cm³/mol. The van der Waals surface area contributed by atoms with Crippen molar-refractivity contribution in [3.8, 4) is 0 Å². The summed E-state index contributed by atoms with van der Waals surface area (Å²) in [5.74, 6) is -0.450. The minimum absolute atomic E-state index is 0.172. The Balaban J connectivity index is 1.50. The second kappa shape index (κ2) is 9.53. The van der Waals surface area contributed by atoms with Crippen LogP contribution in [-0.4, -0.2) is 65.8 Å². The van der Waals surface area contributed by atoms with Gasteiger partial charge in [0.2, 0.25) is 10.0 Å². The molecule has 0 aliphatic carbocycles. The molecule has 2 heterocycles. The molecular weight excluding hydrogens is 458 g/mol. The number of rotatable bonds is 6. The van der Waals surface area contributed by atoms with E-state index in [1.165, 1.54) is 46.8 Å². The largest absolute Gasteiger partial charge is 0.328 e. The van der Waals surface area contributed by atoms with Crippen LogP contribution in [-0.2, 0) is 16.6 Å². The maximum atomic E-state index is 12.9. The SMILES string of the molecule is CCN1CCN(S(=O)(=O)c2ccc(NC(=O)c3ccc4c(=O)n(CC)c(=O)[nH]c4c3)cc2)CC1. The van der Waals surface area contributed by atoms with Gasteiger partial charge in [-0.1, -0.05) is 6.92 Å². The summed E-state index contributed by atoms with van der Waals surface area (Å²) >= 11 is 0. The van der Waals surface area contributed by atoms with E-state index in [-0.39, 0.29) is 22.5 Å². The highest BCUT2D eigenvalue weighted by molar-refractivity contribution is 7.89. The van der Waals surface area contributed by atoms with Crippen molar-refractivity contribution in [2.45, 2.75) is 25.3 Å². The van der Waals surface area contributed by atoms with Crippen molar-refractivity contribution in [1.29, 1.82) is 0 Å². The summed E-state index contributed by atoms with van der Waals surface area (Å²) in [4.78, 5) is 42.2. The van der Waals surface area contributed by atoms with E-state index >= 15 is 0 Å². The molecule has 3 aromatic rings. The lowest BCUT2D eigenvalue weighted by molar-refractivity contribution is 0.102. The average Bonchev–Trinajstić information content (AvgIpc) is 2.84. The van der Waals surface area contributed by atoms with Crippen molar-refractivity contribution >= 4 is 32.5 Å². The molecule has 11 heteroatoms. The standard InChI is InChI=1S/C23H27N5O5S/c1-3-26-11-13-27(14-12-26)34(32,33)18-8-6-17(7-9-18)24-21(29)16-5-10-19-20(15-16)25-23(31)28(4-2)22(19)30/h5-10,15H,3-4,11-14H2,1-2H3,(H,24,29)(H,25,31). The number of H-pyrrole nitrogens is 1. The van der Waals surface area contributed by atoms with Crippen molar-refractivity contribution in [2.75, 3.05) is 38.0 Å². The van der Waals surface area contributed by atoms with E-state index < -0.39 is 27.2 Å². The second-order valence-electron chi connectivity index (χ2n) is 8.06. The van der Waals surface area contributed by atoms with E-state index in [1.54, 1.807) is 6.92 Å². The quantitative estimate of drug-likeness (QED) is 0.542. The van der Waals surface area contributed by atoms with Crippen LogP contribution >= 0.6 is 0 Å². The number of carbonyl (C=O) groups is 1. The molecule has 0 bridgehead atoms. The van der Waals surface area contributed by atoms with Crippen molar-refractivity contribution in [1.82, 2.24) is 18.8 Å². The Labute approximate surface area is 196 Å². The fourth-order valence-corrected chi connectivity index (χ4v) is 5.45. The van der Waals surface area contributed by atoms with E-state index in [9.17, 15) is 22.8 Å². The van der Waals surface area contributed by atoms with Gasteiger partial charge < -0.3 is 15.2 Å². The lowest BCUT2D eigenvalue weighted by atomic mass is 10.1. The number of piperazine rings is 1. The van der Waals surface area contributed by atoms with Crippen LogP contribution in [0, 0.1) is 0 Å². The molecule has 0 unspecified atom stereocenters. The van der Waals surface area contributed by atoms with Gasteiger partial charge in [0.1, 0.15) is 0 Å². The fourth-order valence-electron chi connectivity index (χ4n) is 4.03. The molecule has 1 aliphatic rings. The number of nitrogens with one attached hydrogen (secondary N) is 2. The third kappa shape index (κ3) is 4.54. The highest BCUT2D eigenvalue weighted by atomic mass is 32.2. The Bertz CT molecular complexity index is 1440. The van der Waals surface area contributed by atoms with Crippen molar-refractivity contribution < 1.29 is 13.2 Å². The first-order chi connectivity index (χ1) is 16.2. The molecule has 0 atom stereocenters. The number of hydrogen-bond acceptors (Lipinski definition) is 6. The molecule has 34 heavy (non-hydrogen) atoms. The van der Waals surface area contributed by atoms with Crippen molar-refractivity contribution in [3.63, 3.8) is 0 Å². The predicted octanol–water partition coefficient (Wildman–Crippen LogP) is 1.29. The molecule has 1 aliphatic heterocycles. The number of aromatic nitrogens is 2. The van der Waals surface area contributed by atoms with Crippen LogP contribution in [0.15, 0.2) is 56.9 Å². The maximum absolute atomic E-state index is 12.9. The normalized spacial score (nSPS) is 15.5. The maximum Gasteiger partial charge on any atom is 0.328 e. The number of sulfonamides is 1. The van der Waals surface area contributed by atoms with Gasteiger partial charge in [0.05, 0.1) is 15.8 Å². The summed E-state index contributed by atoms with van der Waals surface area (Å²) in [5, 5.41) is 3.03. The van der Waals surface area contributed by atoms with E-state index in [2.05, 4.69) is 22.1 Å². The molecule has 1 aromatic heterocycles. The molecular formula is C23H27N5O5S. The number of aromatic amines is 1. The lowest BCUT2D eigenvalue weighted by Gasteiger charge is -2.33. The van der Waals surface area contributed by atoms with Crippen LogP contribution in [0.4, 0.5) is 5.69 Å². The molecule has 0 saturated carbocycles. The molecule has 180 valence electrons. The van der Waals surface area contributed by atoms with Gasteiger partial charge in [-0.15, -0.1) is 0 Å². The highest BCUT2D eigenvalue weighted by Crippen LogP contribution is 2.20. The first-order valence-corrected chi connectivity index (χ1v) is 12.6. The first kappa shape index (κ1) is 23.9. The number of amides is 1.